The molecule has 0 unspecified atom stereocenters. The number of aliphatic hydroxyl groups is 1. The van der Waals surface area contributed by atoms with Crippen LogP contribution in [-0.4, -0.2) is 16.2 Å². The second-order valence-electron chi connectivity index (χ2n) is 2.41. The Morgan fingerprint density at radius 2 is 2.15 bits per heavy atom. The molecule has 0 saturated heterocycles. The average molecular weight is 249 g/mol. The minimum Gasteiger partial charge on any atom is -0.479 e. The van der Waals surface area contributed by atoms with Gasteiger partial charge in [0.25, 0.3) is 0 Å². The molecule has 1 rings (SSSR count). The molecule has 0 heterocycles. The van der Waals surface area contributed by atoms with Crippen LogP contribution in [0.15, 0.2) is 22.7 Å². The molecule has 0 aliphatic heterocycles. The maximum atomic E-state index is 12.6. The predicted octanol–water partition coefficient (Wildman–Crippen LogP) is 1.71. The van der Waals surface area contributed by atoms with Crippen LogP contribution in [0.2, 0.25) is 0 Å². The quantitative estimate of drug-likeness (QED) is 0.838. The molecule has 0 bridgehead atoms. The Kier molecular flexibility index (Phi) is 3.00. The summed E-state index contributed by atoms with van der Waals surface area (Å²) in [7, 11) is 0. The van der Waals surface area contributed by atoms with Crippen molar-refractivity contribution in [3.8, 4) is 0 Å². The second kappa shape index (κ2) is 3.85. The van der Waals surface area contributed by atoms with Gasteiger partial charge in [-0.05, 0) is 18.2 Å². The molecule has 1 aromatic rings. The van der Waals surface area contributed by atoms with Crippen LogP contribution in [0.4, 0.5) is 4.39 Å². The highest BCUT2D eigenvalue weighted by atomic mass is 79.9. The summed E-state index contributed by atoms with van der Waals surface area (Å²) >= 11 is 3.01. The van der Waals surface area contributed by atoms with Gasteiger partial charge in [0.05, 0.1) is 0 Å². The van der Waals surface area contributed by atoms with Crippen LogP contribution in [0.1, 0.15) is 11.7 Å². The number of hydrogen-bond acceptors (Lipinski definition) is 2. The normalized spacial score (nSPS) is 12.5. The van der Waals surface area contributed by atoms with Gasteiger partial charge in [0.15, 0.2) is 6.10 Å². The largest absolute Gasteiger partial charge is 0.479 e. The Labute approximate surface area is 81.9 Å². The lowest BCUT2D eigenvalue weighted by atomic mass is 10.1. The van der Waals surface area contributed by atoms with Gasteiger partial charge in [0.1, 0.15) is 5.82 Å². The minimum absolute atomic E-state index is 0.00694. The highest BCUT2D eigenvalue weighted by molar-refractivity contribution is 9.10. The smallest absolute Gasteiger partial charge is 0.337 e. The Morgan fingerprint density at radius 1 is 1.54 bits per heavy atom. The first-order valence-electron chi connectivity index (χ1n) is 3.38. The summed E-state index contributed by atoms with van der Waals surface area (Å²) in [5.41, 5.74) is 0.00694. The molecule has 1 atom stereocenters. The lowest BCUT2D eigenvalue weighted by Crippen LogP contribution is -2.11. The monoisotopic (exact) mass is 248 g/mol. The van der Waals surface area contributed by atoms with E-state index in [2.05, 4.69) is 15.9 Å². The summed E-state index contributed by atoms with van der Waals surface area (Å²) in [5, 5.41) is 17.6. The van der Waals surface area contributed by atoms with Crippen LogP contribution in [0.25, 0.3) is 0 Å². The van der Waals surface area contributed by atoms with Gasteiger partial charge in [-0.3, -0.25) is 0 Å². The molecular weight excluding hydrogens is 243 g/mol. The molecule has 0 saturated carbocycles. The lowest BCUT2D eigenvalue weighted by Gasteiger charge is -2.07. The van der Waals surface area contributed by atoms with Crippen molar-refractivity contribution in [2.45, 2.75) is 6.10 Å². The summed E-state index contributed by atoms with van der Waals surface area (Å²) in [6.45, 7) is 0. The summed E-state index contributed by atoms with van der Waals surface area (Å²) in [6, 6.07) is 3.49. The van der Waals surface area contributed by atoms with Crippen LogP contribution >= 0.6 is 15.9 Å². The van der Waals surface area contributed by atoms with Crippen molar-refractivity contribution < 1.29 is 19.4 Å². The summed E-state index contributed by atoms with van der Waals surface area (Å²) in [5.74, 6) is -2.00. The summed E-state index contributed by atoms with van der Waals surface area (Å²) in [6.07, 6.45) is -1.70. The molecular formula is C8H6BrFO3. The number of aliphatic hydroxyl groups excluding tert-OH is 1. The third kappa shape index (κ3) is 2.26. The van der Waals surface area contributed by atoms with Gasteiger partial charge in [-0.25, -0.2) is 9.18 Å². The van der Waals surface area contributed by atoms with Crippen molar-refractivity contribution in [2.24, 2.45) is 0 Å². The van der Waals surface area contributed by atoms with Crippen LogP contribution in [0, 0.1) is 5.82 Å². The van der Waals surface area contributed by atoms with Gasteiger partial charge >= 0.3 is 5.97 Å². The highest BCUT2D eigenvalue weighted by Gasteiger charge is 2.18. The number of carboxylic acids is 1. The van der Waals surface area contributed by atoms with Crippen molar-refractivity contribution in [1.82, 2.24) is 0 Å². The van der Waals surface area contributed by atoms with E-state index in [4.69, 9.17) is 10.2 Å². The Morgan fingerprint density at radius 3 is 2.69 bits per heavy atom. The molecule has 0 aliphatic rings. The zero-order chi connectivity index (χ0) is 10.0. The molecule has 13 heavy (non-hydrogen) atoms. The molecule has 5 heteroatoms. The second-order valence-corrected chi connectivity index (χ2v) is 3.26. The summed E-state index contributed by atoms with van der Waals surface area (Å²) < 4.78 is 13.0. The molecule has 1 aromatic carbocycles. The van der Waals surface area contributed by atoms with E-state index in [0.717, 1.165) is 6.07 Å². The summed E-state index contributed by atoms with van der Waals surface area (Å²) in [4.78, 5) is 10.4. The zero-order valence-electron chi connectivity index (χ0n) is 6.37. The molecule has 0 aromatic heterocycles. The standard InChI is InChI=1S/C8H6BrFO3/c9-6-2-1-4(10)3-5(6)7(11)8(12)13/h1-3,7,11H,(H,12,13)/t7-/m1/s1. The Balaban J connectivity index is 3.12. The van der Waals surface area contributed by atoms with E-state index >= 15 is 0 Å². The molecule has 3 nitrogen and oxygen atoms in total. The number of rotatable bonds is 2. The highest BCUT2D eigenvalue weighted by Crippen LogP contribution is 2.24. The Hall–Kier alpha value is -0.940. The number of halogens is 2. The van der Waals surface area contributed by atoms with Crippen molar-refractivity contribution in [1.29, 1.82) is 0 Å². The van der Waals surface area contributed by atoms with Gasteiger partial charge in [-0.15, -0.1) is 0 Å². The number of carbonyl (C=O) groups is 1. The van der Waals surface area contributed by atoms with Gasteiger partial charge in [0.2, 0.25) is 0 Å². The van der Waals surface area contributed by atoms with Gasteiger partial charge in [-0.2, -0.15) is 0 Å². The first-order chi connectivity index (χ1) is 6.02. The van der Waals surface area contributed by atoms with E-state index in [1.165, 1.54) is 12.1 Å². The van der Waals surface area contributed by atoms with Crippen LogP contribution in [0.5, 0.6) is 0 Å². The Bertz CT molecular complexity index is 340. The van der Waals surface area contributed by atoms with Crippen LogP contribution in [-0.2, 0) is 4.79 Å². The number of aliphatic carboxylic acids is 1. The van der Waals surface area contributed by atoms with E-state index in [1.54, 1.807) is 0 Å². The number of hydrogen-bond donors (Lipinski definition) is 2. The van der Waals surface area contributed by atoms with Crippen LogP contribution in [0.3, 0.4) is 0 Å². The van der Waals surface area contributed by atoms with Crippen molar-refractivity contribution in [3.63, 3.8) is 0 Å². The SMILES string of the molecule is O=C(O)[C@H](O)c1cc(F)ccc1Br. The van der Waals surface area contributed by atoms with Crippen molar-refractivity contribution in [2.75, 3.05) is 0 Å². The lowest BCUT2D eigenvalue weighted by molar-refractivity contribution is -0.147. The first-order valence-corrected chi connectivity index (χ1v) is 4.17. The molecule has 0 fully saturated rings. The molecule has 70 valence electrons. The fourth-order valence-corrected chi connectivity index (χ4v) is 1.32. The zero-order valence-corrected chi connectivity index (χ0v) is 7.95. The number of benzene rings is 1. The maximum Gasteiger partial charge on any atom is 0.337 e. The van der Waals surface area contributed by atoms with E-state index in [9.17, 15) is 9.18 Å². The van der Waals surface area contributed by atoms with E-state index in [1.807, 2.05) is 0 Å². The first kappa shape index (κ1) is 10.1. The third-order valence-electron chi connectivity index (χ3n) is 1.49. The van der Waals surface area contributed by atoms with E-state index < -0.39 is 17.9 Å². The van der Waals surface area contributed by atoms with Crippen molar-refractivity contribution in [3.05, 3.63) is 34.1 Å². The molecule has 0 spiro atoms. The minimum atomic E-state index is -1.70. The molecule has 0 radical (unpaired) electrons. The number of carboxylic acid groups (broad SMARTS) is 1. The third-order valence-corrected chi connectivity index (χ3v) is 2.21. The fraction of sp³-hybridized carbons (Fsp3) is 0.125. The van der Waals surface area contributed by atoms with Gasteiger partial charge in [-0.1, -0.05) is 15.9 Å². The van der Waals surface area contributed by atoms with Crippen LogP contribution < -0.4 is 0 Å². The van der Waals surface area contributed by atoms with Gasteiger partial charge in [0, 0.05) is 10.0 Å². The van der Waals surface area contributed by atoms with Crippen molar-refractivity contribution >= 4 is 21.9 Å². The maximum absolute atomic E-state index is 12.6. The van der Waals surface area contributed by atoms with E-state index in [0.29, 0.717) is 4.47 Å². The van der Waals surface area contributed by atoms with E-state index in [-0.39, 0.29) is 5.56 Å². The average Bonchev–Trinajstić information content (AvgIpc) is 2.08. The molecule has 2 N–H and O–H groups in total. The fourth-order valence-electron chi connectivity index (χ4n) is 0.857. The van der Waals surface area contributed by atoms with Gasteiger partial charge < -0.3 is 10.2 Å². The predicted molar refractivity (Wildman–Crippen MR) is 46.7 cm³/mol. The topological polar surface area (TPSA) is 57.5 Å². The molecule has 0 amide bonds. The molecule has 0 aliphatic carbocycles.